The van der Waals surface area contributed by atoms with Crippen LogP contribution in [0.2, 0.25) is 0 Å². The molecule has 3 heterocycles. The topological polar surface area (TPSA) is 78.9 Å². The van der Waals surface area contributed by atoms with Crippen molar-refractivity contribution in [3.8, 4) is 5.75 Å². The number of aromatic nitrogens is 2. The third kappa shape index (κ3) is 6.27. The number of carbonyl (C=O) groups is 2. The maximum absolute atomic E-state index is 14.1. The number of benzene rings is 2. The number of hydrogen-bond donors (Lipinski definition) is 0. The van der Waals surface area contributed by atoms with E-state index in [1.165, 1.54) is 0 Å². The van der Waals surface area contributed by atoms with E-state index in [0.29, 0.717) is 43.5 Å². The van der Waals surface area contributed by atoms with Crippen molar-refractivity contribution in [1.82, 2.24) is 19.8 Å². The van der Waals surface area contributed by atoms with Crippen molar-refractivity contribution in [2.75, 3.05) is 44.2 Å². The SMILES string of the molecule is CC1(C(=O)N2CCC3(CCCN(c4cnccn4)CCN(Cc4ccccc4)C(=O)c4ccccc4OC3)CC2)CC1. The van der Waals surface area contributed by atoms with Crippen molar-refractivity contribution in [3.05, 3.63) is 84.3 Å². The molecule has 8 nitrogen and oxygen atoms in total. The van der Waals surface area contributed by atoms with E-state index in [1.54, 1.807) is 18.6 Å². The van der Waals surface area contributed by atoms with E-state index in [0.717, 1.165) is 69.5 Å². The number of nitrogens with zero attached hydrogens (tertiary/aromatic N) is 5. The van der Waals surface area contributed by atoms with Crippen LogP contribution in [-0.4, -0.2) is 70.9 Å². The molecule has 3 aromatic rings. The summed E-state index contributed by atoms with van der Waals surface area (Å²) >= 11 is 0. The Morgan fingerprint density at radius 2 is 1.64 bits per heavy atom. The molecule has 2 fully saturated rings. The van der Waals surface area contributed by atoms with Crippen molar-refractivity contribution >= 4 is 17.6 Å². The first-order chi connectivity index (χ1) is 20.4. The number of anilines is 1. The summed E-state index contributed by atoms with van der Waals surface area (Å²) < 4.78 is 6.56. The van der Waals surface area contributed by atoms with Gasteiger partial charge < -0.3 is 19.4 Å². The minimum Gasteiger partial charge on any atom is -0.492 e. The molecule has 1 aliphatic carbocycles. The summed E-state index contributed by atoms with van der Waals surface area (Å²) in [7, 11) is 0. The van der Waals surface area contributed by atoms with Crippen LogP contribution in [-0.2, 0) is 11.3 Å². The van der Waals surface area contributed by atoms with Crippen LogP contribution in [0.25, 0.3) is 0 Å². The number of rotatable bonds is 4. The molecule has 220 valence electrons. The Morgan fingerprint density at radius 1 is 0.881 bits per heavy atom. The summed E-state index contributed by atoms with van der Waals surface area (Å²) in [6.07, 6.45) is 11.0. The van der Waals surface area contributed by atoms with Gasteiger partial charge in [0.15, 0.2) is 0 Å². The summed E-state index contributed by atoms with van der Waals surface area (Å²) in [4.78, 5) is 42.4. The predicted octanol–water partition coefficient (Wildman–Crippen LogP) is 5.21. The van der Waals surface area contributed by atoms with Crippen LogP contribution in [0.15, 0.2) is 73.2 Å². The highest BCUT2D eigenvalue weighted by Crippen LogP contribution is 2.48. The number of ether oxygens (including phenoxy) is 1. The molecule has 42 heavy (non-hydrogen) atoms. The second-order valence-corrected chi connectivity index (χ2v) is 12.5. The molecule has 1 aromatic heterocycles. The van der Waals surface area contributed by atoms with Crippen molar-refractivity contribution in [2.45, 2.75) is 52.0 Å². The largest absolute Gasteiger partial charge is 0.492 e. The van der Waals surface area contributed by atoms with Gasteiger partial charge in [0.1, 0.15) is 11.6 Å². The lowest BCUT2D eigenvalue weighted by Crippen LogP contribution is -2.47. The average Bonchev–Trinajstić information content (AvgIpc) is 3.79. The van der Waals surface area contributed by atoms with Crippen LogP contribution >= 0.6 is 0 Å². The lowest BCUT2D eigenvalue weighted by molar-refractivity contribution is -0.139. The lowest BCUT2D eigenvalue weighted by Gasteiger charge is -2.43. The summed E-state index contributed by atoms with van der Waals surface area (Å²) in [6, 6.07) is 17.8. The fraction of sp³-hybridized carbons (Fsp3) is 0.471. The number of carbonyl (C=O) groups excluding carboxylic acids is 2. The third-order valence-electron chi connectivity index (χ3n) is 9.43. The molecular formula is C34H41N5O3. The molecule has 2 amide bonds. The van der Waals surface area contributed by atoms with Crippen LogP contribution in [0.4, 0.5) is 5.82 Å². The van der Waals surface area contributed by atoms with Crippen LogP contribution < -0.4 is 9.64 Å². The smallest absolute Gasteiger partial charge is 0.257 e. The van der Waals surface area contributed by atoms with E-state index in [4.69, 9.17) is 4.74 Å². The van der Waals surface area contributed by atoms with E-state index in [9.17, 15) is 9.59 Å². The fourth-order valence-electron chi connectivity index (χ4n) is 6.34. The van der Waals surface area contributed by atoms with Gasteiger partial charge in [-0.15, -0.1) is 0 Å². The standard InChI is InChI=1S/C34H41N5O3/c1-33(13-14-33)32(41)38-20-15-34(16-21-38)12-7-19-37(30-24-35-17-18-36-30)22-23-39(25-27-8-3-2-4-9-27)31(40)28-10-5-6-11-29(28)42-26-34/h2-6,8-11,17-18,24H,7,12-16,19-23,25-26H2,1H3. The maximum atomic E-state index is 14.1. The van der Waals surface area contributed by atoms with Gasteiger partial charge in [-0.1, -0.05) is 49.4 Å². The van der Waals surface area contributed by atoms with Gasteiger partial charge in [0.2, 0.25) is 5.91 Å². The lowest BCUT2D eigenvalue weighted by atomic mass is 9.75. The summed E-state index contributed by atoms with van der Waals surface area (Å²) in [5.41, 5.74) is 1.46. The number of piperidine rings is 1. The molecule has 0 N–H and O–H groups in total. The Hall–Kier alpha value is -3.94. The quantitative estimate of drug-likeness (QED) is 0.431. The molecule has 2 aromatic carbocycles. The zero-order valence-electron chi connectivity index (χ0n) is 24.6. The molecule has 1 saturated heterocycles. The number of hydrogen-bond acceptors (Lipinski definition) is 6. The molecule has 3 aliphatic rings. The number of likely N-dealkylation sites (tertiary alicyclic amines) is 1. The van der Waals surface area contributed by atoms with Gasteiger partial charge in [-0.2, -0.15) is 0 Å². The van der Waals surface area contributed by atoms with Crippen molar-refractivity contribution in [2.24, 2.45) is 10.8 Å². The second-order valence-electron chi connectivity index (χ2n) is 12.5. The first-order valence-electron chi connectivity index (χ1n) is 15.3. The predicted molar refractivity (Wildman–Crippen MR) is 162 cm³/mol. The molecule has 1 spiro atoms. The minimum atomic E-state index is -0.145. The molecular weight excluding hydrogens is 526 g/mol. The van der Waals surface area contributed by atoms with Gasteiger partial charge in [-0.05, 0) is 56.2 Å². The Labute approximate surface area is 248 Å². The Kier molecular flexibility index (Phi) is 8.13. The van der Waals surface area contributed by atoms with Gasteiger partial charge >= 0.3 is 0 Å². The normalized spacial score (nSPS) is 20.5. The molecule has 0 bridgehead atoms. The highest BCUT2D eigenvalue weighted by atomic mass is 16.5. The van der Waals surface area contributed by atoms with E-state index in [1.807, 2.05) is 47.4 Å². The summed E-state index contributed by atoms with van der Waals surface area (Å²) in [5, 5.41) is 0. The van der Waals surface area contributed by atoms with Crippen LogP contribution in [0.3, 0.4) is 0 Å². The first kappa shape index (κ1) is 28.2. The minimum absolute atomic E-state index is 0.0417. The van der Waals surface area contributed by atoms with Crippen LogP contribution in [0, 0.1) is 10.8 Å². The van der Waals surface area contributed by atoms with E-state index >= 15 is 0 Å². The monoisotopic (exact) mass is 567 g/mol. The fourth-order valence-corrected chi connectivity index (χ4v) is 6.34. The van der Waals surface area contributed by atoms with Gasteiger partial charge in [0.05, 0.1) is 18.4 Å². The molecule has 6 rings (SSSR count). The summed E-state index contributed by atoms with van der Waals surface area (Å²) in [5.74, 6) is 1.73. The number of fused-ring (bicyclic) bond motifs is 1. The summed E-state index contributed by atoms with van der Waals surface area (Å²) in [6.45, 7) is 6.65. The third-order valence-corrected chi connectivity index (χ3v) is 9.43. The number of para-hydroxylation sites is 1. The molecule has 0 unspecified atom stereocenters. The van der Waals surface area contributed by atoms with Crippen LogP contribution in [0.5, 0.6) is 5.75 Å². The first-order valence-corrected chi connectivity index (χ1v) is 15.3. The Bertz CT molecular complexity index is 1370. The van der Waals surface area contributed by atoms with E-state index < -0.39 is 0 Å². The van der Waals surface area contributed by atoms with Crippen molar-refractivity contribution in [3.63, 3.8) is 0 Å². The zero-order chi connectivity index (χ0) is 29.0. The van der Waals surface area contributed by atoms with Crippen molar-refractivity contribution in [1.29, 1.82) is 0 Å². The molecule has 2 aliphatic heterocycles. The van der Waals surface area contributed by atoms with Gasteiger partial charge in [-0.25, -0.2) is 4.98 Å². The maximum Gasteiger partial charge on any atom is 0.257 e. The highest BCUT2D eigenvalue weighted by Gasteiger charge is 2.48. The van der Waals surface area contributed by atoms with Gasteiger partial charge in [0.25, 0.3) is 5.91 Å². The van der Waals surface area contributed by atoms with E-state index in [-0.39, 0.29) is 16.7 Å². The Morgan fingerprint density at radius 3 is 2.38 bits per heavy atom. The average molecular weight is 568 g/mol. The number of amides is 2. The van der Waals surface area contributed by atoms with Crippen LogP contribution in [0.1, 0.15) is 61.4 Å². The van der Waals surface area contributed by atoms with Gasteiger partial charge in [-0.3, -0.25) is 14.6 Å². The molecule has 0 radical (unpaired) electrons. The van der Waals surface area contributed by atoms with Crippen molar-refractivity contribution < 1.29 is 14.3 Å². The molecule has 1 saturated carbocycles. The van der Waals surface area contributed by atoms with Gasteiger partial charge in [0, 0.05) is 62.5 Å². The highest BCUT2D eigenvalue weighted by molar-refractivity contribution is 5.97. The molecule has 8 heteroatoms. The Balaban J connectivity index is 1.28. The van der Waals surface area contributed by atoms with E-state index in [2.05, 4.69) is 38.8 Å². The molecule has 0 atom stereocenters. The zero-order valence-corrected chi connectivity index (χ0v) is 24.6. The second kappa shape index (κ2) is 12.1.